The normalized spacial score (nSPS) is 10.9. The fraction of sp³-hybridized carbons (Fsp3) is 0.182. The molecule has 0 fully saturated rings. The van der Waals surface area contributed by atoms with Gasteiger partial charge in [0.25, 0.3) is 15.9 Å². The summed E-state index contributed by atoms with van der Waals surface area (Å²) < 4.78 is 33.0. The van der Waals surface area contributed by atoms with Gasteiger partial charge in [-0.2, -0.15) is 0 Å². The van der Waals surface area contributed by atoms with Crippen LogP contribution in [-0.4, -0.2) is 40.5 Å². The number of anilines is 2. The molecule has 1 aromatic heterocycles. The van der Waals surface area contributed by atoms with Crippen molar-refractivity contribution in [2.75, 3.05) is 30.8 Å². The molecule has 9 heteroatoms. The minimum Gasteiger partial charge on any atom is -0.495 e. The minimum atomic E-state index is -3.83. The molecule has 3 rings (SSSR count). The van der Waals surface area contributed by atoms with Gasteiger partial charge in [-0.15, -0.1) is 0 Å². The standard InChI is InChI=1S/C22H24N4O4S/c1-26(2)21-13-8-16(14-23-21)15-24-22(27)17-9-11-18(12-10-17)31(28,29)25-19-6-4-5-7-20(19)30-3/h4-14,25H,15H2,1-3H3,(H,24,27). The third-order valence-electron chi connectivity index (χ3n) is 4.50. The van der Waals surface area contributed by atoms with Crippen LogP contribution in [0.1, 0.15) is 15.9 Å². The molecule has 1 amide bonds. The third kappa shape index (κ3) is 5.52. The monoisotopic (exact) mass is 440 g/mol. The van der Waals surface area contributed by atoms with Crippen LogP contribution < -0.4 is 19.7 Å². The fourth-order valence-corrected chi connectivity index (χ4v) is 3.86. The van der Waals surface area contributed by atoms with Crippen molar-refractivity contribution in [3.05, 3.63) is 78.0 Å². The molecule has 0 aliphatic rings. The van der Waals surface area contributed by atoms with Crippen molar-refractivity contribution in [2.45, 2.75) is 11.4 Å². The number of carbonyl (C=O) groups is 1. The molecule has 0 bridgehead atoms. The molecular formula is C22H24N4O4S. The van der Waals surface area contributed by atoms with Crippen LogP contribution >= 0.6 is 0 Å². The Balaban J connectivity index is 1.65. The van der Waals surface area contributed by atoms with E-state index in [4.69, 9.17) is 4.74 Å². The molecule has 3 aromatic rings. The van der Waals surface area contributed by atoms with E-state index in [1.807, 2.05) is 31.1 Å². The number of nitrogens with zero attached hydrogens (tertiary/aromatic N) is 2. The summed E-state index contributed by atoms with van der Waals surface area (Å²) in [4.78, 5) is 18.6. The molecule has 0 saturated carbocycles. The van der Waals surface area contributed by atoms with Crippen LogP contribution in [0.5, 0.6) is 5.75 Å². The van der Waals surface area contributed by atoms with Gasteiger partial charge in [-0.3, -0.25) is 9.52 Å². The summed E-state index contributed by atoms with van der Waals surface area (Å²) >= 11 is 0. The molecule has 162 valence electrons. The van der Waals surface area contributed by atoms with Gasteiger partial charge in [0.1, 0.15) is 11.6 Å². The number of sulfonamides is 1. The van der Waals surface area contributed by atoms with Gasteiger partial charge in [0.05, 0.1) is 17.7 Å². The summed E-state index contributed by atoms with van der Waals surface area (Å²) in [6, 6.07) is 16.2. The summed E-state index contributed by atoms with van der Waals surface area (Å²) in [5, 5.41) is 2.80. The zero-order valence-electron chi connectivity index (χ0n) is 17.5. The van der Waals surface area contributed by atoms with Crippen molar-refractivity contribution < 1.29 is 17.9 Å². The van der Waals surface area contributed by atoms with Crippen LogP contribution in [-0.2, 0) is 16.6 Å². The summed E-state index contributed by atoms with van der Waals surface area (Å²) in [6.07, 6.45) is 1.70. The molecule has 0 radical (unpaired) electrons. The Hall–Kier alpha value is -3.59. The molecule has 31 heavy (non-hydrogen) atoms. The number of hydrogen-bond donors (Lipinski definition) is 2. The molecule has 0 aliphatic carbocycles. The predicted molar refractivity (Wildman–Crippen MR) is 120 cm³/mol. The van der Waals surface area contributed by atoms with Gasteiger partial charge in [-0.25, -0.2) is 13.4 Å². The van der Waals surface area contributed by atoms with E-state index in [2.05, 4.69) is 15.0 Å². The Labute approximate surface area is 181 Å². The average Bonchev–Trinajstić information content (AvgIpc) is 2.78. The maximum absolute atomic E-state index is 12.7. The van der Waals surface area contributed by atoms with Gasteiger partial charge < -0.3 is 15.0 Å². The van der Waals surface area contributed by atoms with Gasteiger partial charge in [0.15, 0.2) is 0 Å². The number of rotatable bonds is 8. The molecule has 2 N–H and O–H groups in total. The first-order valence-electron chi connectivity index (χ1n) is 9.46. The van der Waals surface area contributed by atoms with Crippen molar-refractivity contribution in [2.24, 2.45) is 0 Å². The number of carbonyl (C=O) groups excluding carboxylic acids is 1. The molecule has 0 unspecified atom stereocenters. The average molecular weight is 441 g/mol. The first kappa shape index (κ1) is 22.1. The Morgan fingerprint density at radius 3 is 2.35 bits per heavy atom. The highest BCUT2D eigenvalue weighted by atomic mass is 32.2. The van der Waals surface area contributed by atoms with Crippen LogP contribution in [0, 0.1) is 0 Å². The Morgan fingerprint density at radius 1 is 1.03 bits per heavy atom. The highest BCUT2D eigenvalue weighted by molar-refractivity contribution is 7.92. The number of amides is 1. The zero-order valence-corrected chi connectivity index (χ0v) is 18.3. The third-order valence-corrected chi connectivity index (χ3v) is 5.88. The van der Waals surface area contributed by atoms with Gasteiger partial charge in [-0.1, -0.05) is 18.2 Å². The largest absolute Gasteiger partial charge is 0.495 e. The number of benzene rings is 2. The van der Waals surface area contributed by atoms with Crippen LogP contribution in [0.4, 0.5) is 11.5 Å². The maximum atomic E-state index is 12.7. The lowest BCUT2D eigenvalue weighted by Crippen LogP contribution is -2.23. The lowest BCUT2D eigenvalue weighted by atomic mass is 10.2. The number of aromatic nitrogens is 1. The van der Waals surface area contributed by atoms with E-state index in [0.29, 0.717) is 23.5 Å². The molecule has 0 saturated heterocycles. The summed E-state index contributed by atoms with van der Waals surface area (Å²) in [5.74, 6) is 0.933. The van der Waals surface area contributed by atoms with Crippen LogP contribution in [0.2, 0.25) is 0 Å². The highest BCUT2D eigenvalue weighted by Gasteiger charge is 2.17. The van der Waals surface area contributed by atoms with Crippen LogP contribution in [0.25, 0.3) is 0 Å². The van der Waals surface area contributed by atoms with Crippen LogP contribution in [0.15, 0.2) is 71.8 Å². The van der Waals surface area contributed by atoms with Crippen LogP contribution in [0.3, 0.4) is 0 Å². The van der Waals surface area contributed by atoms with E-state index in [-0.39, 0.29) is 10.8 Å². The summed E-state index contributed by atoms with van der Waals surface area (Å²) in [6.45, 7) is 0.314. The zero-order chi connectivity index (χ0) is 22.4. The molecular weight excluding hydrogens is 416 g/mol. The number of pyridine rings is 1. The molecule has 0 spiro atoms. The topological polar surface area (TPSA) is 101 Å². The molecule has 0 atom stereocenters. The van der Waals surface area contributed by atoms with Gasteiger partial charge in [0, 0.05) is 32.4 Å². The second-order valence-corrected chi connectivity index (χ2v) is 8.61. The quantitative estimate of drug-likeness (QED) is 0.559. The SMILES string of the molecule is COc1ccccc1NS(=O)(=O)c1ccc(C(=O)NCc2ccc(N(C)C)nc2)cc1. The van der Waals surface area contributed by atoms with Gasteiger partial charge in [0.2, 0.25) is 0 Å². The molecule has 2 aromatic carbocycles. The second kappa shape index (κ2) is 9.48. The molecule has 1 heterocycles. The predicted octanol–water partition coefficient (Wildman–Crippen LogP) is 2.89. The van der Waals surface area contributed by atoms with Crippen molar-refractivity contribution in [1.82, 2.24) is 10.3 Å². The fourth-order valence-electron chi connectivity index (χ4n) is 2.79. The summed E-state index contributed by atoms with van der Waals surface area (Å²) in [7, 11) is 1.44. The first-order chi connectivity index (χ1) is 14.8. The van der Waals surface area contributed by atoms with E-state index in [9.17, 15) is 13.2 Å². The van der Waals surface area contributed by atoms with E-state index >= 15 is 0 Å². The smallest absolute Gasteiger partial charge is 0.262 e. The number of para-hydroxylation sites is 2. The number of nitrogens with one attached hydrogen (secondary N) is 2. The van der Waals surface area contributed by atoms with E-state index in [1.54, 1.807) is 30.5 Å². The Morgan fingerprint density at radius 2 is 1.74 bits per heavy atom. The van der Waals surface area contributed by atoms with Crippen molar-refractivity contribution in [3.8, 4) is 5.75 Å². The Kier molecular flexibility index (Phi) is 6.76. The van der Waals surface area contributed by atoms with Gasteiger partial charge >= 0.3 is 0 Å². The van der Waals surface area contributed by atoms with E-state index < -0.39 is 10.0 Å². The molecule has 8 nitrogen and oxygen atoms in total. The maximum Gasteiger partial charge on any atom is 0.262 e. The van der Waals surface area contributed by atoms with Crippen molar-refractivity contribution >= 4 is 27.4 Å². The number of methoxy groups -OCH3 is 1. The lowest BCUT2D eigenvalue weighted by molar-refractivity contribution is 0.0951. The van der Waals surface area contributed by atoms with Crippen molar-refractivity contribution in [1.29, 1.82) is 0 Å². The summed E-state index contributed by atoms with van der Waals surface area (Å²) in [5.41, 5.74) is 1.55. The minimum absolute atomic E-state index is 0.0402. The second-order valence-electron chi connectivity index (χ2n) is 6.93. The lowest BCUT2D eigenvalue weighted by Gasteiger charge is -2.12. The first-order valence-corrected chi connectivity index (χ1v) is 10.9. The Bertz CT molecular complexity index is 1140. The van der Waals surface area contributed by atoms with Crippen molar-refractivity contribution in [3.63, 3.8) is 0 Å². The van der Waals surface area contributed by atoms with E-state index in [0.717, 1.165) is 11.4 Å². The highest BCUT2D eigenvalue weighted by Crippen LogP contribution is 2.26. The van der Waals surface area contributed by atoms with Gasteiger partial charge in [-0.05, 0) is 48.0 Å². The molecule has 0 aliphatic heterocycles. The van der Waals surface area contributed by atoms with E-state index in [1.165, 1.54) is 31.4 Å². The number of hydrogen-bond acceptors (Lipinski definition) is 6. The number of ether oxygens (including phenoxy) is 1.